The molecule has 4 aromatic rings. The number of methoxy groups -OCH3 is 1. The third-order valence-corrected chi connectivity index (χ3v) is 4.68. The number of nitrogens with one attached hydrogen (secondary N) is 1. The number of ether oxygens (including phenoxy) is 1. The fourth-order valence-corrected chi connectivity index (χ4v) is 3.11. The first-order valence-electron chi connectivity index (χ1n) is 8.38. The van der Waals surface area contributed by atoms with E-state index in [1.807, 2.05) is 0 Å². The molecule has 4 rings (SSSR count). The van der Waals surface area contributed by atoms with Crippen molar-refractivity contribution in [3.63, 3.8) is 0 Å². The van der Waals surface area contributed by atoms with Crippen LogP contribution >= 0.6 is 27.5 Å². The molecule has 0 fully saturated rings. The van der Waals surface area contributed by atoms with E-state index in [-0.39, 0.29) is 11.7 Å². The Bertz CT molecular complexity index is 1170. The van der Waals surface area contributed by atoms with Crippen molar-refractivity contribution in [3.8, 4) is 28.6 Å². The van der Waals surface area contributed by atoms with Crippen molar-refractivity contribution in [1.82, 2.24) is 10.1 Å². The van der Waals surface area contributed by atoms with Crippen LogP contribution in [0.15, 0.2) is 68.2 Å². The van der Waals surface area contributed by atoms with Gasteiger partial charge in [0.15, 0.2) is 10.4 Å². The molecule has 1 N–H and O–H groups in total. The lowest BCUT2D eigenvalue weighted by Crippen LogP contribution is -2.10. The van der Waals surface area contributed by atoms with Gasteiger partial charge in [-0.05, 0) is 70.5 Å². The number of furan rings is 1. The van der Waals surface area contributed by atoms with E-state index in [4.69, 9.17) is 25.3 Å². The summed E-state index contributed by atoms with van der Waals surface area (Å²) in [6.45, 7) is 0. The number of amides is 1. The maximum Gasteiger partial charge on any atom is 0.291 e. The molecular weight excluding hydrogens is 462 g/mol. The molecule has 0 radical (unpaired) electrons. The van der Waals surface area contributed by atoms with E-state index in [1.165, 1.54) is 0 Å². The first-order chi connectivity index (χ1) is 14.0. The second kappa shape index (κ2) is 8.10. The Morgan fingerprint density at radius 2 is 1.93 bits per heavy atom. The van der Waals surface area contributed by atoms with Crippen molar-refractivity contribution >= 4 is 39.1 Å². The maximum absolute atomic E-state index is 12.1. The summed E-state index contributed by atoms with van der Waals surface area (Å²) in [5.74, 6) is 1.12. The van der Waals surface area contributed by atoms with Gasteiger partial charge in [-0.3, -0.25) is 4.79 Å². The number of rotatable bonds is 5. The zero-order chi connectivity index (χ0) is 20.4. The predicted octanol–water partition coefficient (Wildman–Crippen LogP) is 5.67. The fraction of sp³-hybridized carbons (Fsp3) is 0.0500. The van der Waals surface area contributed by atoms with E-state index in [0.29, 0.717) is 38.4 Å². The van der Waals surface area contributed by atoms with Crippen LogP contribution in [0.2, 0.25) is 5.02 Å². The molecule has 0 atom stereocenters. The molecule has 7 nitrogen and oxygen atoms in total. The largest absolute Gasteiger partial charge is 0.496 e. The number of aromatic nitrogens is 2. The summed E-state index contributed by atoms with van der Waals surface area (Å²) in [5.41, 5.74) is 1.93. The monoisotopic (exact) mass is 473 g/mol. The van der Waals surface area contributed by atoms with Crippen LogP contribution in [0.1, 0.15) is 10.6 Å². The summed E-state index contributed by atoms with van der Waals surface area (Å²) in [4.78, 5) is 16.6. The molecule has 0 saturated carbocycles. The van der Waals surface area contributed by atoms with Crippen molar-refractivity contribution < 1.29 is 18.5 Å². The highest BCUT2D eigenvalue weighted by atomic mass is 79.9. The molecule has 0 aliphatic heterocycles. The van der Waals surface area contributed by atoms with Crippen LogP contribution in [0, 0.1) is 0 Å². The molecule has 2 aromatic carbocycles. The van der Waals surface area contributed by atoms with Crippen molar-refractivity contribution in [2.45, 2.75) is 0 Å². The van der Waals surface area contributed by atoms with E-state index < -0.39 is 0 Å². The number of hydrogen-bond acceptors (Lipinski definition) is 6. The Morgan fingerprint density at radius 3 is 2.62 bits per heavy atom. The van der Waals surface area contributed by atoms with Gasteiger partial charge in [0.1, 0.15) is 5.75 Å². The van der Waals surface area contributed by atoms with Gasteiger partial charge < -0.3 is 19.0 Å². The summed E-state index contributed by atoms with van der Waals surface area (Å²) in [5, 5.41) is 7.30. The second-order valence-electron chi connectivity index (χ2n) is 5.90. The quantitative estimate of drug-likeness (QED) is 0.400. The molecule has 2 heterocycles. The Balaban J connectivity index is 1.53. The standard InChI is InChI=1S/C20H13BrClN3O4/c1-27-15-7-4-12(22)10-14(15)20-24-18(25-29-20)11-2-5-13(6-3-11)23-19(26)16-8-9-17(21)28-16/h2-10H,1H3,(H,23,26). The van der Waals surface area contributed by atoms with Gasteiger partial charge in [0.05, 0.1) is 12.7 Å². The minimum Gasteiger partial charge on any atom is -0.496 e. The Kier molecular flexibility index (Phi) is 5.37. The fourth-order valence-electron chi connectivity index (χ4n) is 2.63. The number of nitrogens with zero attached hydrogens (tertiary/aromatic N) is 2. The van der Waals surface area contributed by atoms with Gasteiger partial charge in [0, 0.05) is 16.3 Å². The third-order valence-electron chi connectivity index (χ3n) is 4.02. The minimum absolute atomic E-state index is 0.208. The van der Waals surface area contributed by atoms with Gasteiger partial charge in [-0.2, -0.15) is 4.98 Å². The molecule has 2 aromatic heterocycles. The van der Waals surface area contributed by atoms with Crippen LogP contribution in [0.5, 0.6) is 5.75 Å². The molecule has 0 unspecified atom stereocenters. The van der Waals surface area contributed by atoms with E-state index >= 15 is 0 Å². The van der Waals surface area contributed by atoms with Gasteiger partial charge in [-0.15, -0.1) is 0 Å². The van der Waals surface area contributed by atoms with Gasteiger partial charge in [0.2, 0.25) is 5.82 Å². The Hall–Kier alpha value is -3.10. The molecule has 0 saturated heterocycles. The average Bonchev–Trinajstić information content (AvgIpc) is 3.38. The molecule has 9 heteroatoms. The van der Waals surface area contributed by atoms with Gasteiger partial charge in [0.25, 0.3) is 11.8 Å². The lowest BCUT2D eigenvalue weighted by Gasteiger charge is -2.04. The molecule has 0 aliphatic rings. The molecule has 0 aliphatic carbocycles. The zero-order valence-electron chi connectivity index (χ0n) is 15.0. The molecule has 29 heavy (non-hydrogen) atoms. The Morgan fingerprint density at radius 1 is 1.14 bits per heavy atom. The SMILES string of the molecule is COc1ccc(Cl)cc1-c1nc(-c2ccc(NC(=O)c3ccc(Br)o3)cc2)no1. The zero-order valence-corrected chi connectivity index (χ0v) is 17.3. The number of carbonyl (C=O) groups excluding carboxylic acids is 1. The van der Waals surface area contributed by atoms with E-state index in [9.17, 15) is 4.79 Å². The average molecular weight is 475 g/mol. The summed E-state index contributed by atoms with van der Waals surface area (Å²) >= 11 is 9.23. The first kappa shape index (κ1) is 19.2. The van der Waals surface area contributed by atoms with E-state index in [2.05, 4.69) is 31.4 Å². The van der Waals surface area contributed by atoms with E-state index in [0.717, 1.165) is 5.56 Å². The van der Waals surface area contributed by atoms with Gasteiger partial charge in [-0.1, -0.05) is 16.8 Å². The van der Waals surface area contributed by atoms with Crippen LogP contribution in [-0.2, 0) is 0 Å². The summed E-state index contributed by atoms with van der Waals surface area (Å²) in [7, 11) is 1.55. The highest BCUT2D eigenvalue weighted by Crippen LogP contribution is 2.32. The smallest absolute Gasteiger partial charge is 0.291 e. The highest BCUT2D eigenvalue weighted by Gasteiger charge is 2.16. The second-order valence-corrected chi connectivity index (χ2v) is 7.12. The topological polar surface area (TPSA) is 90.4 Å². The van der Waals surface area contributed by atoms with Crippen LogP contribution in [0.3, 0.4) is 0 Å². The molecule has 146 valence electrons. The predicted molar refractivity (Wildman–Crippen MR) is 111 cm³/mol. The number of benzene rings is 2. The number of carbonyl (C=O) groups is 1. The summed E-state index contributed by atoms with van der Waals surface area (Å²) in [6, 6.07) is 15.4. The Labute approximate surface area is 178 Å². The van der Waals surface area contributed by atoms with Crippen LogP contribution < -0.4 is 10.1 Å². The highest BCUT2D eigenvalue weighted by molar-refractivity contribution is 9.10. The normalized spacial score (nSPS) is 10.7. The van der Waals surface area contributed by atoms with Crippen LogP contribution in [-0.4, -0.2) is 23.2 Å². The molecule has 1 amide bonds. The molecule has 0 bridgehead atoms. The maximum atomic E-state index is 12.1. The number of halogens is 2. The van der Waals surface area contributed by atoms with Crippen LogP contribution in [0.4, 0.5) is 5.69 Å². The summed E-state index contributed by atoms with van der Waals surface area (Å²) < 4.78 is 16.4. The van der Waals surface area contributed by atoms with Crippen LogP contribution in [0.25, 0.3) is 22.8 Å². The molecule has 0 spiro atoms. The van der Waals surface area contributed by atoms with Crippen molar-refractivity contribution in [1.29, 1.82) is 0 Å². The van der Waals surface area contributed by atoms with Gasteiger partial charge in [-0.25, -0.2) is 0 Å². The lowest BCUT2D eigenvalue weighted by molar-refractivity contribution is 0.0995. The molecular formula is C20H13BrClN3O4. The third kappa shape index (κ3) is 4.18. The minimum atomic E-state index is -0.349. The van der Waals surface area contributed by atoms with Crippen molar-refractivity contribution in [3.05, 3.63) is 70.0 Å². The number of hydrogen-bond donors (Lipinski definition) is 1. The van der Waals surface area contributed by atoms with Gasteiger partial charge >= 0.3 is 0 Å². The first-order valence-corrected chi connectivity index (χ1v) is 9.55. The van der Waals surface area contributed by atoms with Crippen molar-refractivity contribution in [2.75, 3.05) is 12.4 Å². The summed E-state index contributed by atoms with van der Waals surface area (Å²) in [6.07, 6.45) is 0. The lowest BCUT2D eigenvalue weighted by atomic mass is 10.2. The number of anilines is 1. The van der Waals surface area contributed by atoms with E-state index in [1.54, 1.807) is 61.7 Å². The van der Waals surface area contributed by atoms with Crippen molar-refractivity contribution in [2.24, 2.45) is 0 Å².